The number of amides is 2. The molecule has 2 heterocycles. The van der Waals surface area contributed by atoms with Crippen LogP contribution in [-0.4, -0.2) is 41.9 Å². The first-order valence-electron chi connectivity index (χ1n) is 7.98. The molecular weight excluding hydrogens is 280 g/mol. The second-order valence-corrected chi connectivity index (χ2v) is 6.12. The van der Waals surface area contributed by atoms with Gasteiger partial charge in [0.15, 0.2) is 0 Å². The van der Waals surface area contributed by atoms with E-state index in [0.717, 1.165) is 18.9 Å². The third-order valence-electron chi connectivity index (χ3n) is 3.79. The minimum Gasteiger partial charge on any atom is -0.393 e. The molecule has 0 aliphatic carbocycles. The molecule has 1 aromatic heterocycles. The van der Waals surface area contributed by atoms with Gasteiger partial charge in [-0.1, -0.05) is 6.92 Å². The Labute approximate surface area is 131 Å². The molecule has 2 atom stereocenters. The molecule has 2 unspecified atom stereocenters. The van der Waals surface area contributed by atoms with Crippen LogP contribution in [0, 0.1) is 5.92 Å². The SMILES string of the molecule is CC(O)CC(C)CNC(=O)Nc1ccc(N2CCCC2)nc1. The topological polar surface area (TPSA) is 77.5 Å². The van der Waals surface area contributed by atoms with Gasteiger partial charge < -0.3 is 20.6 Å². The van der Waals surface area contributed by atoms with Crippen LogP contribution in [-0.2, 0) is 0 Å². The number of carbonyl (C=O) groups is 1. The third-order valence-corrected chi connectivity index (χ3v) is 3.79. The van der Waals surface area contributed by atoms with Crippen molar-refractivity contribution in [3.8, 4) is 0 Å². The predicted molar refractivity (Wildman–Crippen MR) is 88.2 cm³/mol. The molecule has 0 bridgehead atoms. The molecule has 122 valence electrons. The minimum atomic E-state index is -0.345. The number of hydrogen-bond donors (Lipinski definition) is 3. The highest BCUT2D eigenvalue weighted by molar-refractivity contribution is 5.89. The van der Waals surface area contributed by atoms with Crippen molar-refractivity contribution < 1.29 is 9.90 Å². The molecule has 0 aromatic carbocycles. The first-order chi connectivity index (χ1) is 10.5. The van der Waals surface area contributed by atoms with Crippen LogP contribution >= 0.6 is 0 Å². The van der Waals surface area contributed by atoms with Gasteiger partial charge in [-0.05, 0) is 44.2 Å². The van der Waals surface area contributed by atoms with E-state index in [1.807, 2.05) is 19.1 Å². The van der Waals surface area contributed by atoms with E-state index >= 15 is 0 Å². The van der Waals surface area contributed by atoms with Gasteiger partial charge in [0.2, 0.25) is 0 Å². The number of rotatable bonds is 6. The molecule has 22 heavy (non-hydrogen) atoms. The van der Waals surface area contributed by atoms with E-state index in [-0.39, 0.29) is 18.1 Å². The van der Waals surface area contributed by atoms with Gasteiger partial charge in [0.05, 0.1) is 18.0 Å². The van der Waals surface area contributed by atoms with Crippen LogP contribution in [0.25, 0.3) is 0 Å². The van der Waals surface area contributed by atoms with Gasteiger partial charge in [-0.25, -0.2) is 9.78 Å². The summed E-state index contributed by atoms with van der Waals surface area (Å²) in [6.45, 7) is 6.41. The molecule has 0 spiro atoms. The van der Waals surface area contributed by atoms with Gasteiger partial charge in [-0.3, -0.25) is 0 Å². The highest BCUT2D eigenvalue weighted by Gasteiger charge is 2.13. The molecular formula is C16H26N4O2. The zero-order valence-corrected chi connectivity index (χ0v) is 13.4. The number of aliphatic hydroxyl groups is 1. The monoisotopic (exact) mass is 306 g/mol. The lowest BCUT2D eigenvalue weighted by Gasteiger charge is -2.17. The first-order valence-corrected chi connectivity index (χ1v) is 7.98. The van der Waals surface area contributed by atoms with E-state index in [2.05, 4.69) is 20.5 Å². The lowest BCUT2D eigenvalue weighted by Crippen LogP contribution is -2.33. The molecule has 3 N–H and O–H groups in total. The summed E-state index contributed by atoms with van der Waals surface area (Å²) in [6, 6.07) is 3.57. The first kappa shape index (κ1) is 16.5. The van der Waals surface area contributed by atoms with Gasteiger partial charge in [-0.2, -0.15) is 0 Å². The summed E-state index contributed by atoms with van der Waals surface area (Å²) >= 11 is 0. The molecule has 6 heteroatoms. The summed E-state index contributed by atoms with van der Waals surface area (Å²) in [5, 5.41) is 14.9. The van der Waals surface area contributed by atoms with Crippen LogP contribution in [0.1, 0.15) is 33.1 Å². The summed E-state index contributed by atoms with van der Waals surface area (Å²) in [5.74, 6) is 1.20. The Morgan fingerprint density at radius 1 is 1.36 bits per heavy atom. The maximum Gasteiger partial charge on any atom is 0.319 e. The van der Waals surface area contributed by atoms with Gasteiger partial charge in [0.1, 0.15) is 5.82 Å². The van der Waals surface area contributed by atoms with Crippen LogP contribution in [0.2, 0.25) is 0 Å². The number of pyridine rings is 1. The van der Waals surface area contributed by atoms with E-state index < -0.39 is 0 Å². The van der Waals surface area contributed by atoms with Crippen molar-refractivity contribution in [2.75, 3.05) is 29.9 Å². The summed E-state index contributed by atoms with van der Waals surface area (Å²) in [7, 11) is 0. The zero-order chi connectivity index (χ0) is 15.9. The molecule has 1 aromatic rings. The van der Waals surface area contributed by atoms with Crippen LogP contribution < -0.4 is 15.5 Å². The Bertz CT molecular complexity index is 470. The van der Waals surface area contributed by atoms with Crippen molar-refractivity contribution in [1.29, 1.82) is 0 Å². The number of carbonyl (C=O) groups excluding carboxylic acids is 1. The van der Waals surface area contributed by atoms with E-state index in [9.17, 15) is 9.90 Å². The van der Waals surface area contributed by atoms with E-state index in [0.29, 0.717) is 18.7 Å². The van der Waals surface area contributed by atoms with Crippen LogP contribution in [0.3, 0.4) is 0 Å². The van der Waals surface area contributed by atoms with Crippen LogP contribution in [0.4, 0.5) is 16.3 Å². The summed E-state index contributed by atoms with van der Waals surface area (Å²) < 4.78 is 0. The highest BCUT2D eigenvalue weighted by Crippen LogP contribution is 2.18. The molecule has 0 radical (unpaired) electrons. The van der Waals surface area contributed by atoms with Gasteiger partial charge in [0, 0.05) is 19.6 Å². The molecule has 1 aliphatic rings. The highest BCUT2D eigenvalue weighted by atomic mass is 16.3. The van der Waals surface area contributed by atoms with Gasteiger partial charge >= 0.3 is 6.03 Å². The van der Waals surface area contributed by atoms with E-state index in [1.165, 1.54) is 12.8 Å². The maximum atomic E-state index is 11.8. The van der Waals surface area contributed by atoms with Gasteiger partial charge in [-0.15, -0.1) is 0 Å². The zero-order valence-electron chi connectivity index (χ0n) is 13.4. The van der Waals surface area contributed by atoms with Crippen LogP contribution in [0.5, 0.6) is 0 Å². The fraction of sp³-hybridized carbons (Fsp3) is 0.625. The maximum absolute atomic E-state index is 11.8. The Kier molecular flexibility index (Phi) is 6.00. The molecule has 6 nitrogen and oxygen atoms in total. The number of nitrogens with one attached hydrogen (secondary N) is 2. The number of anilines is 2. The van der Waals surface area contributed by atoms with Crippen molar-refractivity contribution >= 4 is 17.5 Å². The van der Waals surface area contributed by atoms with Crippen molar-refractivity contribution in [1.82, 2.24) is 10.3 Å². The summed E-state index contributed by atoms with van der Waals surface area (Å²) in [6.07, 6.45) is 4.45. The molecule has 1 saturated heterocycles. The number of hydrogen-bond acceptors (Lipinski definition) is 4. The summed E-state index contributed by atoms with van der Waals surface area (Å²) in [5.41, 5.74) is 0.684. The average Bonchev–Trinajstić information content (AvgIpc) is 2.99. The van der Waals surface area contributed by atoms with Crippen LogP contribution in [0.15, 0.2) is 18.3 Å². The van der Waals surface area contributed by atoms with Crippen molar-refractivity contribution in [2.45, 2.75) is 39.2 Å². The molecule has 2 amide bonds. The second-order valence-electron chi connectivity index (χ2n) is 6.12. The minimum absolute atomic E-state index is 0.237. The Morgan fingerprint density at radius 2 is 2.09 bits per heavy atom. The largest absolute Gasteiger partial charge is 0.393 e. The Morgan fingerprint density at radius 3 is 2.68 bits per heavy atom. The van der Waals surface area contributed by atoms with E-state index in [4.69, 9.17) is 0 Å². The van der Waals surface area contributed by atoms with Gasteiger partial charge in [0.25, 0.3) is 0 Å². The Hall–Kier alpha value is -1.82. The summed E-state index contributed by atoms with van der Waals surface area (Å²) in [4.78, 5) is 18.5. The average molecular weight is 306 g/mol. The lowest BCUT2D eigenvalue weighted by atomic mass is 10.1. The quantitative estimate of drug-likeness (QED) is 0.753. The van der Waals surface area contributed by atoms with E-state index in [1.54, 1.807) is 13.1 Å². The number of urea groups is 1. The van der Waals surface area contributed by atoms with Crippen molar-refractivity contribution in [2.24, 2.45) is 5.92 Å². The molecule has 1 fully saturated rings. The predicted octanol–water partition coefficient (Wildman–Crippen LogP) is 2.21. The lowest BCUT2D eigenvalue weighted by molar-refractivity contribution is 0.163. The molecule has 1 aliphatic heterocycles. The fourth-order valence-corrected chi connectivity index (χ4v) is 2.70. The smallest absolute Gasteiger partial charge is 0.319 e. The number of aliphatic hydroxyl groups excluding tert-OH is 1. The molecule has 2 rings (SSSR count). The standard InChI is InChI=1S/C16H26N4O2/c1-12(9-13(2)21)10-18-16(22)19-14-5-6-15(17-11-14)20-7-3-4-8-20/h5-6,11-13,21H,3-4,7-10H2,1-2H3,(H2,18,19,22). The normalized spacial score (nSPS) is 17.1. The fourth-order valence-electron chi connectivity index (χ4n) is 2.70. The third kappa shape index (κ3) is 5.18. The number of nitrogens with zero attached hydrogens (tertiary/aromatic N) is 2. The Balaban J connectivity index is 1.76. The van der Waals surface area contributed by atoms with Crippen molar-refractivity contribution in [3.05, 3.63) is 18.3 Å². The molecule has 0 saturated carbocycles. The number of aromatic nitrogens is 1. The van der Waals surface area contributed by atoms with Crippen molar-refractivity contribution in [3.63, 3.8) is 0 Å². The second kappa shape index (κ2) is 7.98.